The summed E-state index contributed by atoms with van der Waals surface area (Å²) in [6.45, 7) is 2.84. The van der Waals surface area contributed by atoms with Crippen molar-refractivity contribution < 1.29 is 5.21 Å². The van der Waals surface area contributed by atoms with Gasteiger partial charge in [0.15, 0.2) is 5.84 Å². The number of nitrogens with two attached hydrogens (primary N) is 1. The van der Waals surface area contributed by atoms with E-state index in [-0.39, 0.29) is 5.84 Å². The van der Waals surface area contributed by atoms with Crippen molar-refractivity contribution in [1.82, 2.24) is 0 Å². The first-order valence-corrected chi connectivity index (χ1v) is 7.35. The highest BCUT2D eigenvalue weighted by Gasteiger charge is 2.12. The number of oxime groups is 1. The third-order valence-corrected chi connectivity index (χ3v) is 3.92. The molecule has 21 heavy (non-hydrogen) atoms. The van der Waals surface area contributed by atoms with E-state index in [0.29, 0.717) is 5.56 Å². The van der Waals surface area contributed by atoms with E-state index in [4.69, 9.17) is 10.9 Å². The molecule has 0 heterocycles. The minimum Gasteiger partial charge on any atom is -0.409 e. The SMILES string of the molecule is Cc1ccccc1CN(C)c1cc(Br)ccc1/C(N)=N/O. The molecule has 3 N–H and O–H groups in total. The van der Waals surface area contributed by atoms with Crippen molar-refractivity contribution in [2.75, 3.05) is 11.9 Å². The van der Waals surface area contributed by atoms with Gasteiger partial charge in [0, 0.05) is 29.3 Å². The number of anilines is 1. The molecule has 5 heteroatoms. The maximum atomic E-state index is 8.93. The fourth-order valence-electron chi connectivity index (χ4n) is 2.22. The van der Waals surface area contributed by atoms with Crippen LogP contribution in [0.3, 0.4) is 0 Å². The lowest BCUT2D eigenvalue weighted by Crippen LogP contribution is -2.23. The van der Waals surface area contributed by atoms with Gasteiger partial charge in [-0.1, -0.05) is 45.4 Å². The number of hydrogen-bond acceptors (Lipinski definition) is 3. The molecule has 0 spiro atoms. The summed E-state index contributed by atoms with van der Waals surface area (Å²) in [6, 6.07) is 13.9. The van der Waals surface area contributed by atoms with E-state index in [1.54, 1.807) is 0 Å². The highest BCUT2D eigenvalue weighted by Crippen LogP contribution is 2.26. The van der Waals surface area contributed by atoms with Crippen molar-refractivity contribution in [3.05, 3.63) is 63.6 Å². The normalized spacial score (nSPS) is 11.5. The molecule has 0 atom stereocenters. The van der Waals surface area contributed by atoms with Gasteiger partial charge >= 0.3 is 0 Å². The third-order valence-electron chi connectivity index (χ3n) is 3.42. The largest absolute Gasteiger partial charge is 0.409 e. The molecule has 0 aliphatic heterocycles. The van der Waals surface area contributed by atoms with E-state index >= 15 is 0 Å². The van der Waals surface area contributed by atoms with Gasteiger partial charge in [-0.25, -0.2) is 0 Å². The van der Waals surface area contributed by atoms with Gasteiger partial charge in [-0.2, -0.15) is 0 Å². The number of benzene rings is 2. The molecule has 0 aromatic heterocycles. The quantitative estimate of drug-likeness (QED) is 0.385. The average molecular weight is 348 g/mol. The van der Waals surface area contributed by atoms with Crippen LogP contribution in [-0.2, 0) is 6.54 Å². The highest BCUT2D eigenvalue weighted by molar-refractivity contribution is 9.10. The first-order chi connectivity index (χ1) is 10.0. The maximum Gasteiger partial charge on any atom is 0.172 e. The first kappa shape index (κ1) is 15.4. The van der Waals surface area contributed by atoms with E-state index in [1.165, 1.54) is 11.1 Å². The van der Waals surface area contributed by atoms with Crippen LogP contribution in [0.1, 0.15) is 16.7 Å². The van der Waals surface area contributed by atoms with Gasteiger partial charge in [-0.05, 0) is 36.2 Å². The van der Waals surface area contributed by atoms with Crippen LogP contribution in [0.15, 0.2) is 52.1 Å². The summed E-state index contributed by atoms with van der Waals surface area (Å²) in [5, 5.41) is 12.0. The number of rotatable bonds is 4. The van der Waals surface area contributed by atoms with Gasteiger partial charge in [-0.3, -0.25) is 0 Å². The van der Waals surface area contributed by atoms with E-state index in [9.17, 15) is 0 Å². The summed E-state index contributed by atoms with van der Waals surface area (Å²) < 4.78 is 0.948. The Kier molecular flexibility index (Phi) is 4.85. The fraction of sp³-hybridized carbons (Fsp3) is 0.188. The van der Waals surface area contributed by atoms with Gasteiger partial charge in [0.2, 0.25) is 0 Å². The summed E-state index contributed by atoms with van der Waals surface area (Å²) >= 11 is 3.47. The van der Waals surface area contributed by atoms with Crippen LogP contribution in [0.2, 0.25) is 0 Å². The van der Waals surface area contributed by atoms with Crippen molar-refractivity contribution >= 4 is 27.5 Å². The number of halogens is 1. The summed E-state index contributed by atoms with van der Waals surface area (Å²) in [7, 11) is 1.99. The van der Waals surface area contributed by atoms with Gasteiger partial charge in [-0.15, -0.1) is 0 Å². The van der Waals surface area contributed by atoms with Crippen molar-refractivity contribution in [1.29, 1.82) is 0 Å². The smallest absolute Gasteiger partial charge is 0.172 e. The number of nitrogens with zero attached hydrogens (tertiary/aromatic N) is 2. The Labute approximate surface area is 133 Å². The lowest BCUT2D eigenvalue weighted by atomic mass is 10.1. The molecular weight excluding hydrogens is 330 g/mol. The van der Waals surface area contributed by atoms with E-state index in [2.05, 4.69) is 45.0 Å². The van der Waals surface area contributed by atoms with Gasteiger partial charge in [0.25, 0.3) is 0 Å². The molecule has 0 radical (unpaired) electrons. The van der Waals surface area contributed by atoms with E-state index < -0.39 is 0 Å². The molecule has 2 rings (SSSR count). The zero-order valence-electron chi connectivity index (χ0n) is 12.0. The minimum absolute atomic E-state index is 0.106. The Hall–Kier alpha value is -2.01. The molecule has 0 amide bonds. The molecule has 0 unspecified atom stereocenters. The van der Waals surface area contributed by atoms with Gasteiger partial charge < -0.3 is 15.8 Å². The molecule has 2 aromatic rings. The van der Waals surface area contributed by atoms with Crippen molar-refractivity contribution in [2.24, 2.45) is 10.9 Å². The number of aryl methyl sites for hydroxylation is 1. The van der Waals surface area contributed by atoms with Crippen molar-refractivity contribution in [3.63, 3.8) is 0 Å². The molecule has 0 saturated carbocycles. The number of amidine groups is 1. The Morgan fingerprint density at radius 3 is 2.67 bits per heavy atom. The summed E-state index contributed by atoms with van der Waals surface area (Å²) in [6.07, 6.45) is 0. The lowest BCUT2D eigenvalue weighted by molar-refractivity contribution is 0.318. The molecule has 2 aromatic carbocycles. The summed E-state index contributed by atoms with van der Waals surface area (Å²) in [5.41, 5.74) is 9.86. The third kappa shape index (κ3) is 3.55. The predicted octanol–water partition coefficient (Wildman–Crippen LogP) is 3.49. The molecule has 0 aliphatic rings. The van der Waals surface area contributed by atoms with Crippen LogP contribution in [0, 0.1) is 6.92 Å². The molecule has 0 fully saturated rings. The Bertz CT molecular complexity index is 670. The monoisotopic (exact) mass is 347 g/mol. The van der Waals surface area contributed by atoms with Crippen LogP contribution in [0.25, 0.3) is 0 Å². The molecule has 110 valence electrons. The zero-order chi connectivity index (χ0) is 15.4. The molecule has 0 bridgehead atoms. The summed E-state index contributed by atoms with van der Waals surface area (Å²) in [4.78, 5) is 2.08. The Balaban J connectivity index is 2.37. The second kappa shape index (κ2) is 6.63. The van der Waals surface area contributed by atoms with Crippen LogP contribution in [-0.4, -0.2) is 18.1 Å². The van der Waals surface area contributed by atoms with Crippen LogP contribution in [0.4, 0.5) is 5.69 Å². The minimum atomic E-state index is 0.106. The van der Waals surface area contributed by atoms with Gasteiger partial charge in [0.05, 0.1) is 0 Å². The van der Waals surface area contributed by atoms with E-state index in [0.717, 1.165) is 16.7 Å². The van der Waals surface area contributed by atoms with Crippen molar-refractivity contribution in [3.8, 4) is 0 Å². The second-order valence-corrected chi connectivity index (χ2v) is 5.84. The predicted molar refractivity (Wildman–Crippen MR) is 89.9 cm³/mol. The second-order valence-electron chi connectivity index (χ2n) is 4.93. The first-order valence-electron chi connectivity index (χ1n) is 6.56. The average Bonchev–Trinajstić information content (AvgIpc) is 2.48. The van der Waals surface area contributed by atoms with E-state index in [1.807, 2.05) is 37.4 Å². The molecule has 4 nitrogen and oxygen atoms in total. The van der Waals surface area contributed by atoms with Crippen molar-refractivity contribution in [2.45, 2.75) is 13.5 Å². The van der Waals surface area contributed by atoms with Gasteiger partial charge in [0.1, 0.15) is 0 Å². The standard InChI is InChI=1S/C16H18BrN3O/c1-11-5-3-4-6-12(11)10-20(2)15-9-13(17)7-8-14(15)16(18)19-21/h3-9,21H,10H2,1-2H3,(H2,18,19). The van der Waals surface area contributed by atoms with Crippen LogP contribution >= 0.6 is 15.9 Å². The van der Waals surface area contributed by atoms with Crippen LogP contribution < -0.4 is 10.6 Å². The highest BCUT2D eigenvalue weighted by atomic mass is 79.9. The molecule has 0 saturated heterocycles. The Morgan fingerprint density at radius 1 is 1.29 bits per heavy atom. The lowest BCUT2D eigenvalue weighted by Gasteiger charge is -2.23. The topological polar surface area (TPSA) is 61.8 Å². The maximum absolute atomic E-state index is 8.93. The molecular formula is C16H18BrN3O. The number of hydrogen-bond donors (Lipinski definition) is 2. The van der Waals surface area contributed by atoms with Crippen LogP contribution in [0.5, 0.6) is 0 Å². The fourth-order valence-corrected chi connectivity index (χ4v) is 2.57. The summed E-state index contributed by atoms with van der Waals surface area (Å²) in [5.74, 6) is 0.106. The zero-order valence-corrected chi connectivity index (χ0v) is 13.6. The Morgan fingerprint density at radius 2 is 2.00 bits per heavy atom. The molecule has 0 aliphatic carbocycles.